The Morgan fingerprint density at radius 1 is 1.54 bits per heavy atom. The Morgan fingerprint density at radius 3 is 3.00 bits per heavy atom. The standard InChI is InChI=1S/C7H4ClN3O2/c8-5-3-10-7-9-2-1-4(6(12)13)11(5)7/h1-3H,(H,12,13). The zero-order valence-corrected chi connectivity index (χ0v) is 7.06. The largest absolute Gasteiger partial charge is 0.477 e. The predicted octanol–water partition coefficient (Wildman–Crippen LogP) is 1.08. The van der Waals surface area contributed by atoms with Crippen LogP contribution in [0.2, 0.25) is 5.15 Å². The van der Waals surface area contributed by atoms with Gasteiger partial charge < -0.3 is 5.11 Å². The number of fused-ring (bicyclic) bond motifs is 1. The minimum absolute atomic E-state index is 0.0486. The molecule has 2 rings (SSSR count). The summed E-state index contributed by atoms with van der Waals surface area (Å²) in [6, 6.07) is 1.36. The van der Waals surface area contributed by atoms with Gasteiger partial charge in [0.15, 0.2) is 0 Å². The molecule has 5 nitrogen and oxygen atoms in total. The first-order valence-electron chi connectivity index (χ1n) is 3.41. The van der Waals surface area contributed by atoms with Gasteiger partial charge in [-0.1, -0.05) is 11.6 Å². The lowest BCUT2D eigenvalue weighted by atomic mass is 10.4. The number of halogens is 1. The van der Waals surface area contributed by atoms with E-state index >= 15 is 0 Å². The molecule has 6 heteroatoms. The first kappa shape index (κ1) is 8.00. The number of carbonyl (C=O) groups is 1. The van der Waals surface area contributed by atoms with Crippen molar-refractivity contribution >= 4 is 23.3 Å². The highest BCUT2D eigenvalue weighted by atomic mass is 35.5. The van der Waals surface area contributed by atoms with Gasteiger partial charge in [-0.2, -0.15) is 0 Å². The third-order valence-corrected chi connectivity index (χ3v) is 1.85. The number of rotatable bonds is 1. The molecule has 0 saturated carbocycles. The molecule has 0 aromatic carbocycles. The second-order valence-corrected chi connectivity index (χ2v) is 2.74. The van der Waals surface area contributed by atoms with Crippen molar-refractivity contribution in [1.82, 2.24) is 14.4 Å². The van der Waals surface area contributed by atoms with E-state index in [9.17, 15) is 4.79 Å². The zero-order valence-electron chi connectivity index (χ0n) is 6.31. The SMILES string of the molecule is O=C(O)c1ccnc2ncc(Cl)n12. The van der Waals surface area contributed by atoms with E-state index in [-0.39, 0.29) is 16.6 Å². The molecule has 13 heavy (non-hydrogen) atoms. The molecule has 2 heterocycles. The zero-order chi connectivity index (χ0) is 9.42. The van der Waals surface area contributed by atoms with Crippen molar-refractivity contribution in [3.8, 4) is 0 Å². The Kier molecular flexibility index (Phi) is 1.66. The molecule has 66 valence electrons. The van der Waals surface area contributed by atoms with Crippen LogP contribution < -0.4 is 0 Å². The summed E-state index contributed by atoms with van der Waals surface area (Å²) < 4.78 is 1.27. The molecule has 0 amide bonds. The van der Waals surface area contributed by atoms with Gasteiger partial charge in [0.05, 0.1) is 6.20 Å². The molecular weight excluding hydrogens is 194 g/mol. The topological polar surface area (TPSA) is 67.5 Å². The number of aromatic carboxylic acids is 1. The van der Waals surface area contributed by atoms with E-state index in [0.717, 1.165) is 0 Å². The summed E-state index contributed by atoms with van der Waals surface area (Å²) in [6.45, 7) is 0. The van der Waals surface area contributed by atoms with Crippen LogP contribution in [0.3, 0.4) is 0 Å². The summed E-state index contributed by atoms with van der Waals surface area (Å²) in [6.07, 6.45) is 2.73. The van der Waals surface area contributed by atoms with Crippen molar-refractivity contribution in [2.75, 3.05) is 0 Å². The van der Waals surface area contributed by atoms with E-state index in [2.05, 4.69) is 9.97 Å². The van der Waals surface area contributed by atoms with E-state index in [1.54, 1.807) is 0 Å². The van der Waals surface area contributed by atoms with Crippen LogP contribution in [0.1, 0.15) is 10.5 Å². The average molecular weight is 198 g/mol. The molecule has 0 spiro atoms. The fourth-order valence-corrected chi connectivity index (χ4v) is 1.27. The summed E-state index contributed by atoms with van der Waals surface area (Å²) in [5.41, 5.74) is 0.0486. The number of nitrogens with zero attached hydrogens (tertiary/aromatic N) is 3. The maximum Gasteiger partial charge on any atom is 0.353 e. The Hall–Kier alpha value is -1.62. The molecule has 2 aromatic rings. The van der Waals surface area contributed by atoms with Crippen molar-refractivity contribution in [1.29, 1.82) is 0 Å². The second-order valence-electron chi connectivity index (χ2n) is 2.35. The van der Waals surface area contributed by atoms with Crippen LogP contribution in [0.25, 0.3) is 5.78 Å². The number of aromatic nitrogens is 3. The summed E-state index contributed by atoms with van der Waals surface area (Å²) in [4.78, 5) is 18.4. The third-order valence-electron chi connectivity index (χ3n) is 1.58. The minimum atomic E-state index is -1.06. The van der Waals surface area contributed by atoms with Crippen molar-refractivity contribution in [3.05, 3.63) is 29.3 Å². The van der Waals surface area contributed by atoms with Crippen LogP contribution in [0.5, 0.6) is 0 Å². The fourth-order valence-electron chi connectivity index (χ4n) is 1.05. The van der Waals surface area contributed by atoms with Gasteiger partial charge in [0.1, 0.15) is 10.8 Å². The maximum absolute atomic E-state index is 10.7. The molecule has 0 bridgehead atoms. The number of carboxylic acids is 1. The molecule has 0 aliphatic rings. The number of imidazole rings is 1. The lowest BCUT2D eigenvalue weighted by Crippen LogP contribution is -2.05. The normalized spacial score (nSPS) is 10.5. The van der Waals surface area contributed by atoms with Gasteiger partial charge in [0.25, 0.3) is 0 Å². The van der Waals surface area contributed by atoms with Crippen LogP contribution in [-0.2, 0) is 0 Å². The van der Waals surface area contributed by atoms with Crippen LogP contribution in [0, 0.1) is 0 Å². The van der Waals surface area contributed by atoms with E-state index in [1.165, 1.54) is 22.9 Å². The average Bonchev–Trinajstić information content (AvgIpc) is 2.48. The Balaban J connectivity index is 2.88. The quantitative estimate of drug-likeness (QED) is 0.743. The highest BCUT2D eigenvalue weighted by Gasteiger charge is 2.11. The minimum Gasteiger partial charge on any atom is -0.477 e. The van der Waals surface area contributed by atoms with Gasteiger partial charge in [-0.05, 0) is 6.07 Å². The first-order chi connectivity index (χ1) is 6.20. The Bertz CT molecular complexity index is 480. The van der Waals surface area contributed by atoms with Gasteiger partial charge in [0.2, 0.25) is 5.78 Å². The van der Waals surface area contributed by atoms with Gasteiger partial charge in [-0.3, -0.25) is 4.40 Å². The highest BCUT2D eigenvalue weighted by Crippen LogP contribution is 2.12. The summed E-state index contributed by atoms with van der Waals surface area (Å²) >= 11 is 5.72. The molecule has 0 unspecified atom stereocenters. The molecule has 0 saturated heterocycles. The van der Waals surface area contributed by atoms with Crippen LogP contribution in [0.4, 0.5) is 0 Å². The number of carboxylic acid groups (broad SMARTS) is 1. The summed E-state index contributed by atoms with van der Waals surface area (Å²) in [5.74, 6) is -0.780. The van der Waals surface area contributed by atoms with Crippen LogP contribution in [-0.4, -0.2) is 25.4 Å². The van der Waals surface area contributed by atoms with Crippen LogP contribution in [0.15, 0.2) is 18.5 Å². The molecule has 1 N–H and O–H groups in total. The van der Waals surface area contributed by atoms with Crippen molar-refractivity contribution in [3.63, 3.8) is 0 Å². The fraction of sp³-hybridized carbons (Fsp3) is 0. The van der Waals surface area contributed by atoms with Gasteiger partial charge >= 0.3 is 5.97 Å². The Labute approximate surface area is 77.6 Å². The predicted molar refractivity (Wildman–Crippen MR) is 45.0 cm³/mol. The summed E-state index contributed by atoms with van der Waals surface area (Å²) in [5, 5.41) is 9.03. The highest BCUT2D eigenvalue weighted by molar-refractivity contribution is 6.29. The molecule has 0 aliphatic carbocycles. The monoisotopic (exact) mass is 197 g/mol. The maximum atomic E-state index is 10.7. The molecule has 2 aromatic heterocycles. The van der Waals surface area contributed by atoms with E-state index in [4.69, 9.17) is 16.7 Å². The van der Waals surface area contributed by atoms with Gasteiger partial charge in [-0.25, -0.2) is 14.8 Å². The second kappa shape index (κ2) is 2.70. The summed E-state index contributed by atoms with van der Waals surface area (Å²) in [7, 11) is 0. The van der Waals surface area contributed by atoms with Crippen molar-refractivity contribution in [2.24, 2.45) is 0 Å². The lowest BCUT2D eigenvalue weighted by molar-refractivity contribution is 0.0688. The molecule has 0 radical (unpaired) electrons. The van der Waals surface area contributed by atoms with E-state index in [0.29, 0.717) is 0 Å². The van der Waals surface area contributed by atoms with Gasteiger partial charge in [0, 0.05) is 6.20 Å². The molecular formula is C7H4ClN3O2. The molecule has 0 atom stereocenters. The van der Waals surface area contributed by atoms with Crippen molar-refractivity contribution < 1.29 is 9.90 Å². The van der Waals surface area contributed by atoms with E-state index in [1.807, 2.05) is 0 Å². The lowest BCUT2D eigenvalue weighted by Gasteiger charge is -1.98. The molecule has 0 fully saturated rings. The Morgan fingerprint density at radius 2 is 2.31 bits per heavy atom. The molecule has 0 aliphatic heterocycles. The number of hydrogen-bond donors (Lipinski definition) is 1. The van der Waals surface area contributed by atoms with Crippen molar-refractivity contribution in [2.45, 2.75) is 0 Å². The smallest absolute Gasteiger partial charge is 0.353 e. The third kappa shape index (κ3) is 1.13. The van der Waals surface area contributed by atoms with Gasteiger partial charge in [-0.15, -0.1) is 0 Å². The van der Waals surface area contributed by atoms with E-state index < -0.39 is 5.97 Å². The van der Waals surface area contributed by atoms with Crippen LogP contribution >= 0.6 is 11.6 Å². The first-order valence-corrected chi connectivity index (χ1v) is 3.79. The number of hydrogen-bond acceptors (Lipinski definition) is 3.